The molecule has 30 heavy (non-hydrogen) atoms. The van der Waals surface area contributed by atoms with E-state index in [0.717, 1.165) is 35.9 Å². The van der Waals surface area contributed by atoms with Crippen LogP contribution in [0.2, 0.25) is 0 Å². The van der Waals surface area contributed by atoms with Gasteiger partial charge >= 0.3 is 5.69 Å². The van der Waals surface area contributed by atoms with Crippen LogP contribution in [-0.2, 0) is 0 Å². The Morgan fingerprint density at radius 1 is 1.13 bits per heavy atom. The molecule has 0 spiro atoms. The molecular weight excluding hydrogens is 380 g/mol. The number of pyridine rings is 1. The minimum Gasteiger partial charge on any atom is -0.364 e. The van der Waals surface area contributed by atoms with Crippen molar-refractivity contribution >= 4 is 33.9 Å². The molecule has 0 saturated carbocycles. The molecule has 0 amide bonds. The van der Waals surface area contributed by atoms with Crippen LogP contribution < -0.4 is 10.6 Å². The predicted octanol–water partition coefficient (Wildman–Crippen LogP) is 5.29. The molecule has 1 aromatic carbocycles. The Morgan fingerprint density at radius 2 is 2.00 bits per heavy atom. The summed E-state index contributed by atoms with van der Waals surface area (Å²) in [5, 5.41) is 18.9. The van der Waals surface area contributed by atoms with E-state index in [1.54, 1.807) is 0 Å². The summed E-state index contributed by atoms with van der Waals surface area (Å²) < 4.78 is 0. The normalized spacial score (nSPS) is 13.7. The molecule has 0 aliphatic heterocycles. The second-order valence-corrected chi connectivity index (χ2v) is 7.41. The van der Waals surface area contributed by atoms with Gasteiger partial charge in [0.15, 0.2) is 0 Å². The van der Waals surface area contributed by atoms with E-state index in [-0.39, 0.29) is 17.3 Å². The Bertz CT molecular complexity index is 1110. The first kappa shape index (κ1) is 19.8. The number of hydrogen-bond donors (Lipinski definition) is 2. The summed E-state index contributed by atoms with van der Waals surface area (Å²) in [5.41, 5.74) is 3.68. The highest BCUT2D eigenvalue weighted by Gasteiger charge is 2.23. The number of allylic oxidation sites excluding steroid dienone is 1. The fraction of sp³-hybridized carbons (Fsp3) is 0.318. The average Bonchev–Trinajstić information content (AvgIpc) is 2.74. The van der Waals surface area contributed by atoms with Gasteiger partial charge in [-0.3, -0.25) is 15.1 Å². The summed E-state index contributed by atoms with van der Waals surface area (Å²) in [5.74, 6) is 0.380. The van der Waals surface area contributed by atoms with Gasteiger partial charge in [-0.05, 0) is 63.3 Å². The van der Waals surface area contributed by atoms with Crippen LogP contribution in [0, 0.1) is 17.0 Å². The zero-order valence-corrected chi connectivity index (χ0v) is 16.9. The number of nitro groups is 1. The summed E-state index contributed by atoms with van der Waals surface area (Å²) in [6.45, 7) is 2.52. The standard InChI is InChI=1S/C22H24N6O2/c1-15-10-11-17-18(26-15)8-5-9-19(17)27-22-20(28(29)30)21(24-14-25-22)23-13-12-16-6-3-2-4-7-16/h5-6,8-11,14H,2-4,7,12-13H2,1H3,(H2,23,24,25,27). The zero-order valence-electron chi connectivity index (χ0n) is 16.9. The molecule has 2 heterocycles. The molecule has 8 nitrogen and oxygen atoms in total. The molecule has 0 atom stereocenters. The third-order valence-electron chi connectivity index (χ3n) is 5.25. The number of anilines is 3. The minimum atomic E-state index is -0.446. The van der Waals surface area contributed by atoms with Crippen LogP contribution in [0.25, 0.3) is 10.9 Å². The molecule has 2 aromatic heterocycles. The molecule has 8 heteroatoms. The Kier molecular flexibility index (Phi) is 5.83. The van der Waals surface area contributed by atoms with E-state index in [1.807, 2.05) is 37.3 Å². The van der Waals surface area contributed by atoms with Crippen molar-refractivity contribution in [3.8, 4) is 0 Å². The average molecular weight is 404 g/mol. The maximum Gasteiger partial charge on any atom is 0.353 e. The van der Waals surface area contributed by atoms with Crippen LogP contribution in [0.1, 0.15) is 37.8 Å². The molecule has 154 valence electrons. The van der Waals surface area contributed by atoms with Gasteiger partial charge in [0.1, 0.15) is 6.33 Å². The summed E-state index contributed by atoms with van der Waals surface area (Å²) >= 11 is 0. The van der Waals surface area contributed by atoms with Gasteiger partial charge in [0.2, 0.25) is 11.6 Å². The lowest BCUT2D eigenvalue weighted by Gasteiger charge is -2.14. The third-order valence-corrected chi connectivity index (χ3v) is 5.25. The fourth-order valence-electron chi connectivity index (χ4n) is 3.74. The first-order valence-electron chi connectivity index (χ1n) is 10.2. The second-order valence-electron chi connectivity index (χ2n) is 7.41. The highest BCUT2D eigenvalue weighted by Crippen LogP contribution is 2.33. The minimum absolute atomic E-state index is 0.155. The van der Waals surface area contributed by atoms with Crippen molar-refractivity contribution in [2.24, 2.45) is 0 Å². The van der Waals surface area contributed by atoms with Gasteiger partial charge in [-0.25, -0.2) is 9.97 Å². The zero-order chi connectivity index (χ0) is 20.9. The number of aromatic nitrogens is 3. The number of fused-ring (bicyclic) bond motifs is 1. The summed E-state index contributed by atoms with van der Waals surface area (Å²) in [6.07, 6.45) is 9.16. The van der Waals surface area contributed by atoms with Crippen LogP contribution in [0.5, 0.6) is 0 Å². The molecular formula is C22H24N6O2. The van der Waals surface area contributed by atoms with Crippen LogP contribution in [0.3, 0.4) is 0 Å². The van der Waals surface area contributed by atoms with Crippen molar-refractivity contribution in [3.05, 3.63) is 64.1 Å². The molecule has 4 rings (SSSR count). The van der Waals surface area contributed by atoms with Crippen molar-refractivity contribution in [2.45, 2.75) is 39.0 Å². The van der Waals surface area contributed by atoms with E-state index < -0.39 is 4.92 Å². The van der Waals surface area contributed by atoms with E-state index in [1.165, 1.54) is 24.7 Å². The number of nitrogens with one attached hydrogen (secondary N) is 2. The first-order chi connectivity index (χ1) is 14.6. The summed E-state index contributed by atoms with van der Waals surface area (Å²) in [7, 11) is 0. The maximum atomic E-state index is 11.8. The van der Waals surface area contributed by atoms with E-state index >= 15 is 0 Å². The van der Waals surface area contributed by atoms with Crippen LogP contribution in [-0.4, -0.2) is 26.4 Å². The van der Waals surface area contributed by atoms with Gasteiger partial charge in [0.25, 0.3) is 0 Å². The highest BCUT2D eigenvalue weighted by atomic mass is 16.6. The summed E-state index contributed by atoms with van der Waals surface area (Å²) in [4.78, 5) is 24.2. The molecule has 2 N–H and O–H groups in total. The lowest BCUT2D eigenvalue weighted by atomic mass is 9.97. The van der Waals surface area contributed by atoms with Gasteiger partial charge in [0.05, 0.1) is 10.4 Å². The first-order valence-corrected chi connectivity index (χ1v) is 10.2. The topological polar surface area (TPSA) is 106 Å². The van der Waals surface area contributed by atoms with Gasteiger partial charge in [-0.2, -0.15) is 0 Å². The fourth-order valence-corrected chi connectivity index (χ4v) is 3.74. The number of aryl methyl sites for hydroxylation is 1. The van der Waals surface area contributed by atoms with E-state index in [0.29, 0.717) is 12.2 Å². The van der Waals surface area contributed by atoms with Crippen molar-refractivity contribution in [1.29, 1.82) is 0 Å². The largest absolute Gasteiger partial charge is 0.364 e. The van der Waals surface area contributed by atoms with E-state index in [9.17, 15) is 10.1 Å². The number of benzene rings is 1. The lowest BCUT2D eigenvalue weighted by molar-refractivity contribution is -0.383. The molecule has 1 aliphatic carbocycles. The number of rotatable bonds is 7. The molecule has 0 bridgehead atoms. The molecule has 0 saturated heterocycles. The molecule has 3 aromatic rings. The van der Waals surface area contributed by atoms with Gasteiger partial charge in [-0.15, -0.1) is 0 Å². The van der Waals surface area contributed by atoms with Crippen LogP contribution in [0.4, 0.5) is 23.0 Å². The third kappa shape index (κ3) is 4.37. The Hall–Kier alpha value is -3.55. The SMILES string of the molecule is Cc1ccc2c(Nc3ncnc(NCCC4=CCCCC4)c3[N+](=O)[O-])cccc2n1. The molecule has 0 radical (unpaired) electrons. The van der Waals surface area contributed by atoms with Crippen LogP contribution >= 0.6 is 0 Å². The van der Waals surface area contributed by atoms with Crippen molar-refractivity contribution < 1.29 is 4.92 Å². The molecule has 0 fully saturated rings. The van der Waals surface area contributed by atoms with Gasteiger partial charge in [-0.1, -0.05) is 17.7 Å². The van der Waals surface area contributed by atoms with E-state index in [2.05, 4.69) is 31.7 Å². The Labute approximate surface area is 174 Å². The van der Waals surface area contributed by atoms with Crippen molar-refractivity contribution in [3.63, 3.8) is 0 Å². The quantitative estimate of drug-likeness (QED) is 0.313. The summed E-state index contributed by atoms with van der Waals surface area (Å²) in [6, 6.07) is 9.49. The highest BCUT2D eigenvalue weighted by molar-refractivity contribution is 5.94. The maximum absolute atomic E-state index is 11.8. The van der Waals surface area contributed by atoms with Gasteiger partial charge < -0.3 is 10.6 Å². The van der Waals surface area contributed by atoms with Crippen molar-refractivity contribution in [2.75, 3.05) is 17.2 Å². The van der Waals surface area contributed by atoms with Crippen molar-refractivity contribution in [1.82, 2.24) is 15.0 Å². The van der Waals surface area contributed by atoms with E-state index in [4.69, 9.17) is 0 Å². The number of hydrogen-bond acceptors (Lipinski definition) is 7. The lowest BCUT2D eigenvalue weighted by Crippen LogP contribution is -2.10. The van der Waals surface area contributed by atoms with Crippen LogP contribution in [0.15, 0.2) is 48.3 Å². The smallest absolute Gasteiger partial charge is 0.353 e. The Morgan fingerprint density at radius 3 is 2.80 bits per heavy atom. The molecule has 1 aliphatic rings. The van der Waals surface area contributed by atoms with Gasteiger partial charge in [0, 0.05) is 23.3 Å². The number of nitrogens with zero attached hydrogens (tertiary/aromatic N) is 4. The monoisotopic (exact) mass is 404 g/mol. The second kappa shape index (κ2) is 8.86. The molecule has 0 unspecified atom stereocenters. The Balaban J connectivity index is 1.59. The predicted molar refractivity (Wildman–Crippen MR) is 118 cm³/mol.